The average Bonchev–Trinajstić information content (AvgIpc) is 3.35. The van der Waals surface area contributed by atoms with Crippen molar-refractivity contribution < 1.29 is 19.4 Å². The number of carboxylic acid groups (broad SMARTS) is 1. The first kappa shape index (κ1) is 26.4. The molecule has 6 heteroatoms. The van der Waals surface area contributed by atoms with Gasteiger partial charge in [0.1, 0.15) is 17.5 Å². The first-order valence-corrected chi connectivity index (χ1v) is 13.8. The Morgan fingerprint density at radius 2 is 1.75 bits per heavy atom. The van der Waals surface area contributed by atoms with Gasteiger partial charge in [0.15, 0.2) is 0 Å². The van der Waals surface area contributed by atoms with Crippen LogP contribution in [0.15, 0.2) is 24.3 Å². The van der Waals surface area contributed by atoms with Crippen LogP contribution in [-0.4, -0.2) is 34.1 Å². The molecule has 2 aromatic rings. The second kappa shape index (κ2) is 11.2. The third-order valence-corrected chi connectivity index (χ3v) is 8.13. The molecule has 0 radical (unpaired) electrons. The number of benzene rings is 1. The number of rotatable bonds is 8. The topological polar surface area (TPSA) is 88.5 Å². The van der Waals surface area contributed by atoms with Crippen molar-refractivity contribution in [2.24, 2.45) is 17.3 Å². The number of carboxylic acids is 1. The summed E-state index contributed by atoms with van der Waals surface area (Å²) >= 11 is 0. The molecule has 0 unspecified atom stereocenters. The fraction of sp³-hybridized carbons (Fsp3) is 0.633. The van der Waals surface area contributed by atoms with E-state index in [2.05, 4.69) is 18.3 Å². The van der Waals surface area contributed by atoms with Gasteiger partial charge < -0.3 is 15.2 Å². The number of amides is 1. The Bertz CT molecular complexity index is 1080. The van der Waals surface area contributed by atoms with Crippen molar-refractivity contribution in [1.82, 2.24) is 10.3 Å². The zero-order valence-electron chi connectivity index (χ0n) is 22.3. The van der Waals surface area contributed by atoms with Crippen LogP contribution in [-0.2, 0) is 11.2 Å². The SMILES string of the molecule is CCC1CCC(Oc2ccc3cc(C(=O)N[C@@H](C(=O)O)C(C)(C)C)nc(CC4CCCC4)c3c2)CC1. The Kier molecular flexibility index (Phi) is 8.21. The molecule has 0 spiro atoms. The molecule has 36 heavy (non-hydrogen) atoms. The zero-order chi connectivity index (χ0) is 25.9. The van der Waals surface area contributed by atoms with Crippen LogP contribution in [0.3, 0.4) is 0 Å². The number of hydrogen-bond acceptors (Lipinski definition) is 4. The van der Waals surface area contributed by atoms with Crippen LogP contribution in [0.25, 0.3) is 10.8 Å². The number of aliphatic carboxylic acids is 1. The van der Waals surface area contributed by atoms with Gasteiger partial charge in [-0.2, -0.15) is 0 Å². The lowest BCUT2D eigenvalue weighted by molar-refractivity contribution is -0.142. The molecule has 2 fully saturated rings. The minimum Gasteiger partial charge on any atom is -0.490 e. The number of hydrogen-bond donors (Lipinski definition) is 2. The molecule has 1 aromatic carbocycles. The predicted octanol–water partition coefficient (Wildman–Crippen LogP) is 6.54. The Labute approximate surface area is 215 Å². The number of carbonyl (C=O) groups excluding carboxylic acids is 1. The lowest BCUT2D eigenvalue weighted by Crippen LogP contribution is -2.49. The first-order chi connectivity index (χ1) is 17.1. The quantitative estimate of drug-likeness (QED) is 0.435. The van der Waals surface area contributed by atoms with Crippen LogP contribution in [0.1, 0.15) is 102 Å². The van der Waals surface area contributed by atoms with Gasteiger partial charge in [-0.3, -0.25) is 4.79 Å². The van der Waals surface area contributed by atoms with Crippen LogP contribution >= 0.6 is 0 Å². The molecule has 2 aliphatic carbocycles. The minimum absolute atomic E-state index is 0.256. The lowest BCUT2D eigenvalue weighted by atomic mass is 9.86. The highest BCUT2D eigenvalue weighted by Gasteiger charge is 2.33. The summed E-state index contributed by atoms with van der Waals surface area (Å²) < 4.78 is 6.40. The van der Waals surface area contributed by atoms with Crippen LogP contribution in [0.5, 0.6) is 5.75 Å². The number of fused-ring (bicyclic) bond motifs is 1. The highest BCUT2D eigenvalue weighted by Crippen LogP contribution is 2.34. The fourth-order valence-corrected chi connectivity index (χ4v) is 5.83. The average molecular weight is 495 g/mol. The van der Waals surface area contributed by atoms with Gasteiger partial charge in [0.2, 0.25) is 0 Å². The first-order valence-electron chi connectivity index (χ1n) is 13.8. The van der Waals surface area contributed by atoms with Gasteiger partial charge >= 0.3 is 5.97 Å². The molecular formula is C30H42N2O4. The monoisotopic (exact) mass is 494 g/mol. The van der Waals surface area contributed by atoms with Crippen molar-refractivity contribution in [2.75, 3.05) is 0 Å². The van der Waals surface area contributed by atoms with E-state index in [0.29, 0.717) is 5.92 Å². The van der Waals surface area contributed by atoms with Crippen LogP contribution in [0.4, 0.5) is 0 Å². The highest BCUT2D eigenvalue weighted by atomic mass is 16.5. The smallest absolute Gasteiger partial charge is 0.326 e. The summed E-state index contributed by atoms with van der Waals surface area (Å²) in [6.07, 6.45) is 11.8. The number of aromatic nitrogens is 1. The third-order valence-electron chi connectivity index (χ3n) is 8.13. The second-order valence-electron chi connectivity index (χ2n) is 12.0. The summed E-state index contributed by atoms with van der Waals surface area (Å²) in [7, 11) is 0. The summed E-state index contributed by atoms with van der Waals surface area (Å²) in [6, 6.07) is 6.87. The van der Waals surface area contributed by atoms with Gasteiger partial charge in [-0.05, 0) is 72.9 Å². The minimum atomic E-state index is -1.04. The molecule has 1 atom stereocenters. The highest BCUT2D eigenvalue weighted by molar-refractivity contribution is 5.99. The summed E-state index contributed by atoms with van der Waals surface area (Å²) in [5, 5.41) is 14.3. The standard InChI is InChI=1S/C30H42N2O4/c1-5-19-10-13-22(14-11-19)36-23-15-12-21-17-26(28(33)32-27(29(34)35)30(2,3)4)31-25(24(21)18-23)16-20-8-6-7-9-20/h12,15,17-20,22,27H,5-11,13-14,16H2,1-4H3,(H,32,33)(H,34,35)/t19?,22?,27-/m0/s1. The number of ether oxygens (including phenoxy) is 1. The molecule has 1 amide bonds. The largest absolute Gasteiger partial charge is 0.490 e. The molecule has 6 nitrogen and oxygen atoms in total. The van der Waals surface area contributed by atoms with Gasteiger partial charge in [0, 0.05) is 11.1 Å². The van der Waals surface area contributed by atoms with Crippen molar-refractivity contribution >= 4 is 22.6 Å². The van der Waals surface area contributed by atoms with Crippen LogP contribution in [0, 0.1) is 17.3 Å². The molecule has 2 saturated carbocycles. The van der Waals surface area contributed by atoms with Crippen LogP contribution in [0.2, 0.25) is 0 Å². The predicted molar refractivity (Wildman–Crippen MR) is 142 cm³/mol. The lowest BCUT2D eigenvalue weighted by Gasteiger charge is -2.28. The van der Waals surface area contributed by atoms with Crippen molar-refractivity contribution in [3.05, 3.63) is 35.7 Å². The molecule has 2 aliphatic rings. The Hall–Kier alpha value is -2.63. The van der Waals surface area contributed by atoms with Gasteiger partial charge in [-0.1, -0.05) is 65.9 Å². The van der Waals surface area contributed by atoms with E-state index in [-0.39, 0.29) is 11.8 Å². The maximum Gasteiger partial charge on any atom is 0.326 e. The number of nitrogens with one attached hydrogen (secondary N) is 1. The van der Waals surface area contributed by atoms with Crippen molar-refractivity contribution in [3.8, 4) is 5.75 Å². The van der Waals surface area contributed by atoms with Gasteiger partial charge in [-0.15, -0.1) is 0 Å². The summed E-state index contributed by atoms with van der Waals surface area (Å²) in [5.74, 6) is 0.770. The van der Waals surface area contributed by atoms with Gasteiger partial charge in [-0.25, -0.2) is 9.78 Å². The van der Waals surface area contributed by atoms with Gasteiger partial charge in [0.25, 0.3) is 5.91 Å². The molecular weight excluding hydrogens is 452 g/mol. The van der Waals surface area contributed by atoms with E-state index in [1.807, 2.05) is 32.9 Å². The number of carbonyl (C=O) groups is 2. The maximum absolute atomic E-state index is 13.2. The molecule has 4 rings (SSSR count). The van der Waals surface area contributed by atoms with E-state index >= 15 is 0 Å². The van der Waals surface area contributed by atoms with E-state index in [0.717, 1.165) is 47.4 Å². The number of pyridine rings is 1. The zero-order valence-corrected chi connectivity index (χ0v) is 22.3. The Balaban J connectivity index is 1.61. The summed E-state index contributed by atoms with van der Waals surface area (Å²) in [4.78, 5) is 29.8. The third kappa shape index (κ3) is 6.37. The van der Waals surface area contributed by atoms with Crippen molar-refractivity contribution in [1.29, 1.82) is 0 Å². The molecule has 2 N–H and O–H groups in total. The number of nitrogens with zero attached hydrogens (tertiary/aromatic N) is 1. The van der Waals surface area contributed by atoms with E-state index in [4.69, 9.17) is 9.72 Å². The summed E-state index contributed by atoms with van der Waals surface area (Å²) in [6.45, 7) is 7.69. The van der Waals surface area contributed by atoms with Gasteiger partial charge in [0.05, 0.1) is 6.10 Å². The van der Waals surface area contributed by atoms with E-state index < -0.39 is 23.3 Å². The van der Waals surface area contributed by atoms with E-state index in [1.54, 1.807) is 6.07 Å². The van der Waals surface area contributed by atoms with Crippen molar-refractivity contribution in [2.45, 2.75) is 104 Å². The second-order valence-corrected chi connectivity index (χ2v) is 12.0. The molecule has 0 saturated heterocycles. The Morgan fingerprint density at radius 1 is 1.06 bits per heavy atom. The fourth-order valence-electron chi connectivity index (χ4n) is 5.83. The maximum atomic E-state index is 13.2. The normalized spacial score (nSPS) is 21.9. The molecule has 1 heterocycles. The van der Waals surface area contributed by atoms with Crippen molar-refractivity contribution in [3.63, 3.8) is 0 Å². The molecule has 1 aromatic heterocycles. The molecule has 0 aliphatic heterocycles. The summed E-state index contributed by atoms with van der Waals surface area (Å²) in [5.41, 5.74) is 0.568. The Morgan fingerprint density at radius 3 is 2.36 bits per heavy atom. The molecule has 196 valence electrons. The van der Waals surface area contributed by atoms with E-state index in [9.17, 15) is 14.7 Å². The van der Waals surface area contributed by atoms with Crippen LogP contribution < -0.4 is 10.1 Å². The van der Waals surface area contributed by atoms with E-state index in [1.165, 1.54) is 44.9 Å². The molecule has 0 bridgehead atoms.